The van der Waals surface area contributed by atoms with Gasteiger partial charge in [-0.15, -0.1) is 0 Å². The van der Waals surface area contributed by atoms with Crippen LogP contribution in [0.1, 0.15) is 23.5 Å². The summed E-state index contributed by atoms with van der Waals surface area (Å²) in [5.74, 6) is -0.421. The Morgan fingerprint density at radius 3 is 2.85 bits per heavy atom. The Labute approximate surface area is 114 Å². The molecule has 1 heterocycles. The number of fused-ring (bicyclic) bond motifs is 1. The van der Waals surface area contributed by atoms with Gasteiger partial charge in [-0.3, -0.25) is 9.59 Å². The lowest BCUT2D eigenvalue weighted by atomic mass is 10.1. The lowest BCUT2D eigenvalue weighted by Crippen LogP contribution is -2.34. The SMILES string of the molecule is O=C(NCC1(CO)CC1)c1nc2ccccc2c(=O)[nH]1. The number of aliphatic hydroxyl groups excluding tert-OH is 1. The van der Waals surface area contributed by atoms with Crippen molar-refractivity contribution in [3.63, 3.8) is 0 Å². The molecule has 1 aliphatic carbocycles. The number of hydrogen-bond acceptors (Lipinski definition) is 4. The molecule has 20 heavy (non-hydrogen) atoms. The molecule has 104 valence electrons. The van der Waals surface area contributed by atoms with Crippen LogP contribution in [0.25, 0.3) is 10.9 Å². The topological polar surface area (TPSA) is 95.1 Å². The summed E-state index contributed by atoms with van der Waals surface area (Å²) in [7, 11) is 0. The van der Waals surface area contributed by atoms with Gasteiger partial charge in [0.15, 0.2) is 5.82 Å². The molecular formula is C14H15N3O3. The fourth-order valence-corrected chi connectivity index (χ4v) is 2.11. The monoisotopic (exact) mass is 273 g/mol. The van der Waals surface area contributed by atoms with Crippen LogP contribution in [0.2, 0.25) is 0 Å². The van der Waals surface area contributed by atoms with Gasteiger partial charge in [-0.1, -0.05) is 12.1 Å². The van der Waals surface area contributed by atoms with Gasteiger partial charge < -0.3 is 15.4 Å². The first kappa shape index (κ1) is 12.8. The third-order valence-corrected chi connectivity index (χ3v) is 3.74. The van der Waals surface area contributed by atoms with Gasteiger partial charge in [0.1, 0.15) is 0 Å². The molecule has 0 radical (unpaired) electrons. The van der Waals surface area contributed by atoms with E-state index in [0.29, 0.717) is 17.4 Å². The van der Waals surface area contributed by atoms with Crippen molar-refractivity contribution >= 4 is 16.8 Å². The van der Waals surface area contributed by atoms with Crippen molar-refractivity contribution in [3.8, 4) is 0 Å². The predicted octanol–water partition coefficient (Wildman–Crippen LogP) is 0.425. The number of aliphatic hydroxyl groups is 1. The maximum atomic E-state index is 12.0. The van der Waals surface area contributed by atoms with E-state index in [1.54, 1.807) is 24.3 Å². The molecule has 0 unspecified atom stereocenters. The number of carbonyl (C=O) groups excluding carboxylic acids is 1. The van der Waals surface area contributed by atoms with Gasteiger partial charge in [-0.05, 0) is 25.0 Å². The Kier molecular flexibility index (Phi) is 3.02. The summed E-state index contributed by atoms with van der Waals surface area (Å²) < 4.78 is 0. The zero-order valence-electron chi connectivity index (χ0n) is 10.8. The number of benzene rings is 1. The fraction of sp³-hybridized carbons (Fsp3) is 0.357. The van der Waals surface area contributed by atoms with Crippen molar-refractivity contribution in [2.45, 2.75) is 12.8 Å². The summed E-state index contributed by atoms with van der Waals surface area (Å²) in [6.45, 7) is 0.466. The van der Waals surface area contributed by atoms with E-state index < -0.39 is 5.91 Å². The summed E-state index contributed by atoms with van der Waals surface area (Å²) in [4.78, 5) is 30.5. The third-order valence-electron chi connectivity index (χ3n) is 3.74. The molecule has 6 heteroatoms. The molecule has 6 nitrogen and oxygen atoms in total. The van der Waals surface area contributed by atoms with Crippen molar-refractivity contribution in [2.24, 2.45) is 5.41 Å². The molecule has 0 spiro atoms. The third kappa shape index (κ3) is 2.30. The summed E-state index contributed by atoms with van der Waals surface area (Å²) >= 11 is 0. The molecule has 1 aliphatic rings. The lowest BCUT2D eigenvalue weighted by molar-refractivity contribution is 0.0925. The Morgan fingerprint density at radius 2 is 2.15 bits per heavy atom. The Hall–Kier alpha value is -2.21. The van der Waals surface area contributed by atoms with Crippen LogP contribution in [0.4, 0.5) is 0 Å². The van der Waals surface area contributed by atoms with E-state index in [9.17, 15) is 14.7 Å². The number of hydrogen-bond donors (Lipinski definition) is 3. The molecule has 3 N–H and O–H groups in total. The molecule has 1 aromatic heterocycles. The van der Waals surface area contributed by atoms with Crippen LogP contribution in [0, 0.1) is 5.41 Å². The van der Waals surface area contributed by atoms with Gasteiger partial charge in [0.05, 0.1) is 17.5 Å². The minimum Gasteiger partial charge on any atom is -0.396 e. The van der Waals surface area contributed by atoms with Crippen LogP contribution >= 0.6 is 0 Å². The first-order valence-electron chi connectivity index (χ1n) is 6.52. The van der Waals surface area contributed by atoms with Crippen molar-refractivity contribution in [3.05, 3.63) is 40.4 Å². The van der Waals surface area contributed by atoms with Gasteiger partial charge in [-0.25, -0.2) is 4.98 Å². The molecule has 0 aliphatic heterocycles. The number of aromatic nitrogens is 2. The number of nitrogens with zero attached hydrogens (tertiary/aromatic N) is 1. The number of H-pyrrole nitrogens is 1. The smallest absolute Gasteiger partial charge is 0.287 e. The Balaban J connectivity index is 1.83. The quantitative estimate of drug-likeness (QED) is 0.752. The maximum absolute atomic E-state index is 12.0. The molecule has 2 aromatic rings. The van der Waals surface area contributed by atoms with E-state index in [1.165, 1.54) is 0 Å². The van der Waals surface area contributed by atoms with Crippen molar-refractivity contribution < 1.29 is 9.90 Å². The van der Waals surface area contributed by atoms with Crippen LogP contribution in [0.15, 0.2) is 29.1 Å². The second kappa shape index (κ2) is 4.72. The first-order chi connectivity index (χ1) is 9.63. The summed E-state index contributed by atoms with van der Waals surface area (Å²) in [6, 6.07) is 6.86. The van der Waals surface area contributed by atoms with Crippen molar-refractivity contribution in [1.82, 2.24) is 15.3 Å². The largest absolute Gasteiger partial charge is 0.396 e. The second-order valence-corrected chi connectivity index (χ2v) is 5.27. The van der Waals surface area contributed by atoms with E-state index in [-0.39, 0.29) is 23.4 Å². The van der Waals surface area contributed by atoms with E-state index in [0.717, 1.165) is 12.8 Å². The van der Waals surface area contributed by atoms with E-state index >= 15 is 0 Å². The first-order valence-corrected chi connectivity index (χ1v) is 6.52. The highest BCUT2D eigenvalue weighted by atomic mass is 16.3. The number of carbonyl (C=O) groups is 1. The molecule has 1 fully saturated rings. The number of para-hydroxylation sites is 1. The standard InChI is InChI=1S/C14H15N3O3/c18-8-14(5-6-14)7-15-13(20)11-16-10-4-2-1-3-9(10)12(19)17-11/h1-4,18H,5-8H2,(H,15,20)(H,16,17,19). The summed E-state index contributed by atoms with van der Waals surface area (Å²) in [6.07, 6.45) is 1.82. The van der Waals surface area contributed by atoms with Crippen LogP contribution in [-0.2, 0) is 0 Å². The number of nitrogens with one attached hydrogen (secondary N) is 2. The van der Waals surface area contributed by atoms with Crippen LogP contribution in [-0.4, -0.2) is 34.1 Å². The van der Waals surface area contributed by atoms with Gasteiger partial charge in [0, 0.05) is 12.0 Å². The van der Waals surface area contributed by atoms with E-state index in [2.05, 4.69) is 15.3 Å². The van der Waals surface area contributed by atoms with E-state index in [1.807, 2.05) is 0 Å². The minimum atomic E-state index is -0.424. The summed E-state index contributed by atoms with van der Waals surface area (Å²) in [5, 5.41) is 12.4. The zero-order chi connectivity index (χ0) is 14.2. The molecule has 3 rings (SSSR count). The highest BCUT2D eigenvalue weighted by molar-refractivity contribution is 5.92. The van der Waals surface area contributed by atoms with Gasteiger partial charge in [-0.2, -0.15) is 0 Å². The Morgan fingerprint density at radius 1 is 1.40 bits per heavy atom. The van der Waals surface area contributed by atoms with Gasteiger partial charge in [0.25, 0.3) is 11.5 Å². The molecule has 0 bridgehead atoms. The fourth-order valence-electron chi connectivity index (χ4n) is 2.11. The second-order valence-electron chi connectivity index (χ2n) is 5.27. The molecule has 1 amide bonds. The minimum absolute atomic E-state index is 0.00226. The van der Waals surface area contributed by atoms with Gasteiger partial charge >= 0.3 is 0 Å². The van der Waals surface area contributed by atoms with E-state index in [4.69, 9.17) is 0 Å². The average Bonchev–Trinajstić information content (AvgIpc) is 3.25. The molecule has 1 saturated carbocycles. The van der Waals surface area contributed by atoms with Crippen LogP contribution < -0.4 is 10.9 Å². The number of aromatic amines is 1. The van der Waals surface area contributed by atoms with Crippen LogP contribution in [0.5, 0.6) is 0 Å². The molecule has 1 aromatic carbocycles. The highest BCUT2D eigenvalue weighted by Crippen LogP contribution is 2.44. The average molecular weight is 273 g/mol. The van der Waals surface area contributed by atoms with Crippen molar-refractivity contribution in [1.29, 1.82) is 0 Å². The maximum Gasteiger partial charge on any atom is 0.287 e. The van der Waals surface area contributed by atoms with Gasteiger partial charge in [0.2, 0.25) is 0 Å². The lowest BCUT2D eigenvalue weighted by Gasteiger charge is -2.12. The predicted molar refractivity (Wildman–Crippen MR) is 73.4 cm³/mol. The highest BCUT2D eigenvalue weighted by Gasteiger charge is 2.42. The summed E-state index contributed by atoms with van der Waals surface area (Å²) in [5.41, 5.74) is -0.0129. The zero-order valence-corrected chi connectivity index (χ0v) is 10.8. The molecule has 0 saturated heterocycles. The number of amides is 1. The molecule has 0 atom stereocenters. The van der Waals surface area contributed by atoms with Crippen LogP contribution in [0.3, 0.4) is 0 Å². The van der Waals surface area contributed by atoms with Crippen molar-refractivity contribution in [2.75, 3.05) is 13.2 Å². The normalized spacial score (nSPS) is 16.1. The Bertz CT molecular complexity index is 719. The number of rotatable bonds is 4. The molecular weight excluding hydrogens is 258 g/mol.